The lowest BCUT2D eigenvalue weighted by molar-refractivity contribution is -0.137. The van der Waals surface area contributed by atoms with Crippen molar-refractivity contribution in [2.45, 2.75) is 29.9 Å². The molecule has 1 aliphatic rings. The van der Waals surface area contributed by atoms with Crippen LogP contribution in [0.1, 0.15) is 25.3 Å². The molecule has 1 aromatic rings. The lowest BCUT2D eigenvalue weighted by Crippen LogP contribution is -2.35. The van der Waals surface area contributed by atoms with Crippen LogP contribution >= 0.6 is 0 Å². The monoisotopic (exact) mass is 323 g/mol. The maximum absolute atomic E-state index is 12.5. The normalized spacial score (nSPS) is 16.8. The van der Waals surface area contributed by atoms with Gasteiger partial charge in [-0.2, -0.15) is 0 Å². The van der Waals surface area contributed by atoms with Crippen LogP contribution in [0.2, 0.25) is 0 Å². The molecule has 1 heterocycles. The summed E-state index contributed by atoms with van der Waals surface area (Å²) in [7, 11) is -3.27. The molecule has 120 valence electrons. The molecule has 0 atom stereocenters. The molecule has 0 aromatic heterocycles. The van der Waals surface area contributed by atoms with Gasteiger partial charge in [-0.1, -0.05) is 12.1 Å². The molecule has 5 nitrogen and oxygen atoms in total. The molecule has 1 aromatic carbocycles. The minimum atomic E-state index is -3.27. The van der Waals surface area contributed by atoms with Crippen molar-refractivity contribution in [3.8, 4) is 0 Å². The Bertz CT molecular complexity index is 629. The molecule has 0 radical (unpaired) electrons. The Hall–Kier alpha value is -1.66. The van der Waals surface area contributed by atoms with Crippen molar-refractivity contribution in [3.05, 3.63) is 35.9 Å². The molecule has 2 rings (SSSR count). The number of esters is 1. The zero-order valence-electron chi connectivity index (χ0n) is 12.6. The molecule has 0 amide bonds. The lowest BCUT2D eigenvalue weighted by Gasteiger charge is -2.22. The van der Waals surface area contributed by atoms with Gasteiger partial charge in [0.15, 0.2) is 9.84 Å². The van der Waals surface area contributed by atoms with E-state index in [1.165, 1.54) is 6.08 Å². The zero-order chi connectivity index (χ0) is 16.0. The van der Waals surface area contributed by atoms with E-state index in [1.54, 1.807) is 37.3 Å². The smallest absolute Gasteiger partial charge is 0.330 e. The second kappa shape index (κ2) is 7.56. The third kappa shape index (κ3) is 4.18. The summed E-state index contributed by atoms with van der Waals surface area (Å²) in [5.74, 6) is -0.408. The first-order valence-electron chi connectivity index (χ1n) is 7.43. The highest BCUT2D eigenvalue weighted by molar-refractivity contribution is 7.92. The summed E-state index contributed by atoms with van der Waals surface area (Å²) < 4.78 is 29.9. The summed E-state index contributed by atoms with van der Waals surface area (Å²) in [5, 5.41) is 2.86. The first kappa shape index (κ1) is 16.7. The van der Waals surface area contributed by atoms with Crippen molar-refractivity contribution in [1.82, 2.24) is 5.32 Å². The number of hydrogen-bond acceptors (Lipinski definition) is 5. The molecule has 1 fully saturated rings. The molecule has 0 saturated carbocycles. The third-order valence-electron chi connectivity index (χ3n) is 3.63. The number of piperidine rings is 1. The van der Waals surface area contributed by atoms with Crippen LogP contribution in [0.25, 0.3) is 6.08 Å². The Balaban J connectivity index is 2.09. The van der Waals surface area contributed by atoms with Crippen LogP contribution in [0.5, 0.6) is 0 Å². The van der Waals surface area contributed by atoms with Crippen molar-refractivity contribution in [2.24, 2.45) is 0 Å². The van der Waals surface area contributed by atoms with Gasteiger partial charge in [0.05, 0.1) is 16.8 Å². The quantitative estimate of drug-likeness (QED) is 0.661. The van der Waals surface area contributed by atoms with Gasteiger partial charge in [0.1, 0.15) is 0 Å². The molecule has 1 saturated heterocycles. The summed E-state index contributed by atoms with van der Waals surface area (Å²) in [4.78, 5) is 11.6. The highest BCUT2D eigenvalue weighted by Gasteiger charge is 2.28. The Labute approximate surface area is 131 Å². The van der Waals surface area contributed by atoms with Crippen LogP contribution in [0.4, 0.5) is 0 Å². The summed E-state index contributed by atoms with van der Waals surface area (Å²) >= 11 is 0. The minimum absolute atomic E-state index is 0.310. The van der Waals surface area contributed by atoms with Crippen LogP contribution in [0.3, 0.4) is 0 Å². The van der Waals surface area contributed by atoms with Gasteiger partial charge in [0, 0.05) is 6.08 Å². The summed E-state index contributed by atoms with van der Waals surface area (Å²) in [6.45, 7) is 3.55. The lowest BCUT2D eigenvalue weighted by atomic mass is 10.2. The number of benzene rings is 1. The third-order valence-corrected chi connectivity index (χ3v) is 5.91. The maximum Gasteiger partial charge on any atom is 0.330 e. The predicted molar refractivity (Wildman–Crippen MR) is 85.2 cm³/mol. The fourth-order valence-electron chi connectivity index (χ4n) is 2.42. The first-order valence-corrected chi connectivity index (χ1v) is 8.98. The summed E-state index contributed by atoms with van der Waals surface area (Å²) in [6.07, 6.45) is 4.23. The van der Waals surface area contributed by atoms with Gasteiger partial charge in [0.25, 0.3) is 0 Å². The van der Waals surface area contributed by atoms with E-state index < -0.39 is 15.8 Å². The molecule has 0 aliphatic carbocycles. The van der Waals surface area contributed by atoms with Gasteiger partial charge in [-0.25, -0.2) is 13.2 Å². The van der Waals surface area contributed by atoms with Gasteiger partial charge in [-0.15, -0.1) is 0 Å². The highest BCUT2D eigenvalue weighted by Crippen LogP contribution is 2.22. The van der Waals surface area contributed by atoms with Crippen LogP contribution in [0, 0.1) is 0 Å². The van der Waals surface area contributed by atoms with Crippen LogP contribution in [0.15, 0.2) is 35.2 Å². The largest absolute Gasteiger partial charge is 0.463 e. The standard InChI is InChI=1S/C16H21NO4S/c1-2-21-16(18)8-5-13-3-6-14(7-4-13)22(19,20)15-9-11-17-12-10-15/h3-8,15,17H,2,9-12H2,1H3/b8-5+. The van der Waals surface area contributed by atoms with Crippen LogP contribution in [-0.2, 0) is 19.4 Å². The summed E-state index contributed by atoms with van der Waals surface area (Å²) in [5.41, 5.74) is 0.761. The molecule has 1 N–H and O–H groups in total. The van der Waals surface area contributed by atoms with E-state index in [0.717, 1.165) is 18.7 Å². The van der Waals surface area contributed by atoms with Gasteiger partial charge >= 0.3 is 5.97 Å². The maximum atomic E-state index is 12.5. The van der Waals surface area contributed by atoms with Gasteiger partial charge in [0.2, 0.25) is 0 Å². The number of hydrogen-bond donors (Lipinski definition) is 1. The van der Waals surface area contributed by atoms with Crippen molar-refractivity contribution < 1.29 is 17.9 Å². The van der Waals surface area contributed by atoms with Crippen molar-refractivity contribution in [1.29, 1.82) is 0 Å². The Kier molecular flexibility index (Phi) is 5.74. The topological polar surface area (TPSA) is 72.5 Å². The molecular formula is C16H21NO4S. The van der Waals surface area contributed by atoms with E-state index in [4.69, 9.17) is 4.74 Å². The van der Waals surface area contributed by atoms with Crippen LogP contribution in [-0.4, -0.2) is 39.3 Å². The van der Waals surface area contributed by atoms with Crippen LogP contribution < -0.4 is 5.32 Å². The fraction of sp³-hybridized carbons (Fsp3) is 0.438. The Morgan fingerprint density at radius 3 is 2.50 bits per heavy atom. The van der Waals surface area contributed by atoms with Gasteiger partial charge < -0.3 is 10.1 Å². The number of carbonyl (C=O) groups excluding carboxylic acids is 1. The average molecular weight is 323 g/mol. The van der Waals surface area contributed by atoms with E-state index in [-0.39, 0.29) is 5.25 Å². The second-order valence-corrected chi connectivity index (χ2v) is 7.38. The highest BCUT2D eigenvalue weighted by atomic mass is 32.2. The molecule has 22 heavy (non-hydrogen) atoms. The number of nitrogens with one attached hydrogen (secondary N) is 1. The van der Waals surface area contributed by atoms with E-state index in [1.807, 2.05) is 0 Å². The molecule has 1 aliphatic heterocycles. The molecule has 0 unspecified atom stereocenters. The van der Waals surface area contributed by atoms with Gasteiger partial charge in [-0.3, -0.25) is 0 Å². The minimum Gasteiger partial charge on any atom is -0.463 e. The van der Waals surface area contributed by atoms with E-state index in [9.17, 15) is 13.2 Å². The molecule has 0 spiro atoms. The van der Waals surface area contributed by atoms with E-state index >= 15 is 0 Å². The average Bonchev–Trinajstić information content (AvgIpc) is 2.54. The predicted octanol–water partition coefficient (Wildman–Crippen LogP) is 1.79. The van der Waals surface area contributed by atoms with E-state index in [0.29, 0.717) is 24.3 Å². The Morgan fingerprint density at radius 1 is 1.27 bits per heavy atom. The van der Waals surface area contributed by atoms with Crippen molar-refractivity contribution in [3.63, 3.8) is 0 Å². The molecule has 0 bridgehead atoms. The summed E-state index contributed by atoms with van der Waals surface area (Å²) in [6, 6.07) is 6.60. The van der Waals surface area contributed by atoms with Crippen molar-refractivity contribution >= 4 is 21.9 Å². The number of sulfone groups is 1. The molecular weight excluding hydrogens is 302 g/mol. The SMILES string of the molecule is CCOC(=O)/C=C/c1ccc(S(=O)(=O)C2CCNCC2)cc1. The fourth-order valence-corrected chi connectivity index (χ4v) is 4.18. The Morgan fingerprint density at radius 2 is 1.91 bits per heavy atom. The zero-order valence-corrected chi connectivity index (χ0v) is 13.4. The first-order chi connectivity index (χ1) is 10.5. The van der Waals surface area contributed by atoms with Crippen molar-refractivity contribution in [2.75, 3.05) is 19.7 Å². The molecule has 6 heteroatoms. The van der Waals surface area contributed by atoms with E-state index in [2.05, 4.69) is 5.32 Å². The number of carbonyl (C=O) groups is 1. The number of ether oxygens (including phenoxy) is 1. The second-order valence-electron chi connectivity index (χ2n) is 5.15. The number of rotatable bonds is 5. The van der Waals surface area contributed by atoms with Gasteiger partial charge in [-0.05, 0) is 56.6 Å².